The Hall–Kier alpha value is -3.24. The lowest BCUT2D eigenvalue weighted by Crippen LogP contribution is -2.49. The largest absolute Gasteiger partial charge is 0.467 e. The third-order valence-corrected chi connectivity index (χ3v) is 4.60. The van der Waals surface area contributed by atoms with E-state index in [1.807, 2.05) is 30.3 Å². The molecule has 1 fully saturated rings. The fraction of sp³-hybridized carbons (Fsp3) is 0.368. The number of aromatic nitrogens is 2. The Morgan fingerprint density at radius 2 is 2.10 bits per heavy atom. The maximum atomic E-state index is 12.7. The predicted octanol–water partition coefficient (Wildman–Crippen LogP) is -0.626. The molecule has 0 aliphatic carbocycles. The van der Waals surface area contributed by atoms with Crippen LogP contribution < -0.4 is 16.7 Å². The summed E-state index contributed by atoms with van der Waals surface area (Å²) in [4.78, 5) is 40.3. The molecule has 154 valence electrons. The van der Waals surface area contributed by atoms with Crippen molar-refractivity contribution in [3.63, 3.8) is 0 Å². The van der Waals surface area contributed by atoms with Crippen LogP contribution in [0.5, 0.6) is 0 Å². The van der Waals surface area contributed by atoms with E-state index in [0.717, 1.165) is 10.1 Å². The maximum absolute atomic E-state index is 12.7. The number of nitrogens with zero attached hydrogens (tertiary/aromatic N) is 2. The number of nitrogen functional groups attached to an aromatic ring is 1. The van der Waals surface area contributed by atoms with Gasteiger partial charge in [-0.05, 0) is 11.6 Å². The van der Waals surface area contributed by atoms with Crippen LogP contribution in [0, 0.1) is 0 Å². The van der Waals surface area contributed by atoms with Gasteiger partial charge in [0.15, 0.2) is 6.10 Å². The van der Waals surface area contributed by atoms with Crippen LogP contribution in [-0.4, -0.2) is 51.9 Å². The first-order chi connectivity index (χ1) is 13.9. The van der Waals surface area contributed by atoms with Gasteiger partial charge < -0.3 is 25.6 Å². The quantitative estimate of drug-likeness (QED) is 0.542. The number of amides is 1. The SMILES string of the molecule is COC(=O)C(Cc1ccccc1)NC(=O)C1OC(n2ccc(N)nc2=O)CC1O. The topological polar surface area (TPSA) is 146 Å². The number of hydrogen-bond acceptors (Lipinski definition) is 8. The lowest BCUT2D eigenvalue weighted by atomic mass is 10.1. The van der Waals surface area contributed by atoms with Crippen LogP contribution in [-0.2, 0) is 25.5 Å². The van der Waals surface area contributed by atoms with Crippen LogP contribution in [0.25, 0.3) is 0 Å². The third kappa shape index (κ3) is 4.79. The normalized spacial score (nSPS) is 22.1. The van der Waals surface area contributed by atoms with E-state index >= 15 is 0 Å². The van der Waals surface area contributed by atoms with Crippen molar-refractivity contribution >= 4 is 17.7 Å². The van der Waals surface area contributed by atoms with E-state index in [-0.39, 0.29) is 18.7 Å². The minimum Gasteiger partial charge on any atom is -0.467 e. The molecule has 1 amide bonds. The summed E-state index contributed by atoms with van der Waals surface area (Å²) in [6.45, 7) is 0. The zero-order valence-corrected chi connectivity index (χ0v) is 15.7. The molecule has 0 spiro atoms. The Morgan fingerprint density at radius 1 is 1.38 bits per heavy atom. The van der Waals surface area contributed by atoms with Gasteiger partial charge in [-0.25, -0.2) is 9.59 Å². The van der Waals surface area contributed by atoms with Crippen LogP contribution in [0.2, 0.25) is 0 Å². The monoisotopic (exact) mass is 402 g/mol. The number of benzene rings is 1. The molecular weight excluding hydrogens is 380 g/mol. The van der Waals surface area contributed by atoms with Crippen molar-refractivity contribution in [2.24, 2.45) is 0 Å². The number of nitrogens with one attached hydrogen (secondary N) is 1. The summed E-state index contributed by atoms with van der Waals surface area (Å²) in [7, 11) is 1.23. The van der Waals surface area contributed by atoms with Crippen molar-refractivity contribution in [3.05, 3.63) is 58.6 Å². The van der Waals surface area contributed by atoms with E-state index in [2.05, 4.69) is 10.3 Å². The molecule has 4 atom stereocenters. The Morgan fingerprint density at radius 3 is 2.76 bits per heavy atom. The minimum absolute atomic E-state index is 0.00513. The highest BCUT2D eigenvalue weighted by molar-refractivity contribution is 5.87. The zero-order valence-electron chi connectivity index (χ0n) is 15.7. The summed E-state index contributed by atoms with van der Waals surface area (Å²) in [5.74, 6) is -1.24. The molecule has 2 aromatic rings. The average Bonchev–Trinajstić information content (AvgIpc) is 3.09. The van der Waals surface area contributed by atoms with Gasteiger partial charge in [0.2, 0.25) is 0 Å². The summed E-state index contributed by atoms with van der Waals surface area (Å²) >= 11 is 0. The molecule has 2 heterocycles. The van der Waals surface area contributed by atoms with Crippen molar-refractivity contribution in [2.45, 2.75) is 37.3 Å². The first kappa shape index (κ1) is 20.5. The summed E-state index contributed by atoms with van der Waals surface area (Å²) in [5, 5.41) is 12.8. The molecule has 1 aliphatic rings. The number of carbonyl (C=O) groups excluding carboxylic acids is 2. The summed E-state index contributed by atoms with van der Waals surface area (Å²) in [6.07, 6.45) is -1.70. The second-order valence-corrected chi connectivity index (χ2v) is 6.63. The highest BCUT2D eigenvalue weighted by Crippen LogP contribution is 2.28. The number of aliphatic hydroxyl groups is 1. The Labute approximate surface area is 166 Å². The number of aliphatic hydroxyl groups excluding tert-OH is 1. The number of esters is 1. The summed E-state index contributed by atoms with van der Waals surface area (Å²) in [5.41, 5.74) is 5.64. The molecule has 10 heteroatoms. The van der Waals surface area contributed by atoms with Crippen molar-refractivity contribution in [1.82, 2.24) is 14.9 Å². The Balaban J connectivity index is 1.71. The second-order valence-electron chi connectivity index (χ2n) is 6.63. The molecule has 3 rings (SSSR count). The molecule has 0 bridgehead atoms. The number of anilines is 1. The van der Waals surface area contributed by atoms with Crippen LogP contribution >= 0.6 is 0 Å². The van der Waals surface area contributed by atoms with Crippen LogP contribution in [0.3, 0.4) is 0 Å². The average molecular weight is 402 g/mol. The Bertz CT molecular complexity index is 932. The van der Waals surface area contributed by atoms with E-state index in [1.165, 1.54) is 19.4 Å². The molecule has 10 nitrogen and oxygen atoms in total. The molecule has 4 N–H and O–H groups in total. The van der Waals surface area contributed by atoms with E-state index < -0.39 is 42.0 Å². The van der Waals surface area contributed by atoms with Gasteiger partial charge in [-0.2, -0.15) is 4.98 Å². The van der Waals surface area contributed by atoms with Crippen LogP contribution in [0.15, 0.2) is 47.4 Å². The van der Waals surface area contributed by atoms with Gasteiger partial charge in [-0.1, -0.05) is 30.3 Å². The molecule has 1 saturated heterocycles. The van der Waals surface area contributed by atoms with Crippen molar-refractivity contribution in [1.29, 1.82) is 0 Å². The third-order valence-electron chi connectivity index (χ3n) is 4.60. The van der Waals surface area contributed by atoms with Gasteiger partial charge in [0.1, 0.15) is 18.1 Å². The number of ether oxygens (including phenoxy) is 2. The molecule has 0 saturated carbocycles. The molecule has 1 aromatic carbocycles. The fourth-order valence-corrected chi connectivity index (χ4v) is 3.15. The highest BCUT2D eigenvalue weighted by atomic mass is 16.5. The van der Waals surface area contributed by atoms with Crippen LogP contribution in [0.4, 0.5) is 5.82 Å². The predicted molar refractivity (Wildman–Crippen MR) is 102 cm³/mol. The van der Waals surface area contributed by atoms with Gasteiger partial charge in [0.25, 0.3) is 5.91 Å². The smallest absolute Gasteiger partial charge is 0.351 e. The van der Waals surface area contributed by atoms with Gasteiger partial charge >= 0.3 is 11.7 Å². The number of methoxy groups -OCH3 is 1. The van der Waals surface area contributed by atoms with Gasteiger partial charge in [0, 0.05) is 19.0 Å². The van der Waals surface area contributed by atoms with E-state index in [0.29, 0.717) is 0 Å². The molecule has 29 heavy (non-hydrogen) atoms. The lowest BCUT2D eigenvalue weighted by molar-refractivity contribution is -0.148. The first-order valence-electron chi connectivity index (χ1n) is 8.99. The number of hydrogen-bond donors (Lipinski definition) is 3. The maximum Gasteiger partial charge on any atom is 0.351 e. The van der Waals surface area contributed by atoms with E-state index in [4.69, 9.17) is 15.2 Å². The van der Waals surface area contributed by atoms with Crippen LogP contribution in [0.1, 0.15) is 18.2 Å². The standard InChI is InChI=1S/C19H22N4O6/c1-28-18(26)12(9-11-5-3-2-4-6-11)21-17(25)16-13(24)10-15(29-16)23-8-7-14(20)22-19(23)27/h2-8,12-13,15-16,24H,9-10H2,1H3,(H,21,25)(H2,20,22,27). The van der Waals surface area contributed by atoms with Crippen molar-refractivity contribution in [2.75, 3.05) is 12.8 Å². The lowest BCUT2D eigenvalue weighted by Gasteiger charge is -2.20. The number of nitrogens with two attached hydrogens (primary N) is 1. The molecular formula is C19H22N4O6. The fourth-order valence-electron chi connectivity index (χ4n) is 3.15. The molecule has 4 unspecified atom stereocenters. The van der Waals surface area contributed by atoms with Crippen molar-refractivity contribution < 1.29 is 24.2 Å². The van der Waals surface area contributed by atoms with Gasteiger partial charge in [-0.3, -0.25) is 9.36 Å². The summed E-state index contributed by atoms with van der Waals surface area (Å²) in [6, 6.07) is 9.57. The second kappa shape index (κ2) is 8.84. The summed E-state index contributed by atoms with van der Waals surface area (Å²) < 4.78 is 11.5. The number of rotatable bonds is 6. The zero-order chi connectivity index (χ0) is 21.0. The minimum atomic E-state index is -1.26. The van der Waals surface area contributed by atoms with Gasteiger partial charge in [0.05, 0.1) is 13.2 Å². The van der Waals surface area contributed by atoms with Gasteiger partial charge in [-0.15, -0.1) is 0 Å². The first-order valence-corrected chi connectivity index (χ1v) is 8.99. The molecule has 0 radical (unpaired) electrons. The molecule has 1 aliphatic heterocycles. The number of carbonyl (C=O) groups is 2. The highest BCUT2D eigenvalue weighted by Gasteiger charge is 2.41. The van der Waals surface area contributed by atoms with Crippen molar-refractivity contribution in [3.8, 4) is 0 Å². The Kier molecular flexibility index (Phi) is 6.25. The van der Waals surface area contributed by atoms with E-state index in [9.17, 15) is 19.5 Å². The van der Waals surface area contributed by atoms with E-state index in [1.54, 1.807) is 0 Å². The molecule has 1 aromatic heterocycles.